The second-order valence-corrected chi connectivity index (χ2v) is 13.9. The molecule has 3 heterocycles. The van der Waals surface area contributed by atoms with E-state index in [1.807, 2.05) is 77.7 Å². The van der Waals surface area contributed by atoms with E-state index in [0.717, 1.165) is 71.8 Å². The molecule has 56 heavy (non-hydrogen) atoms. The van der Waals surface area contributed by atoms with Crippen molar-refractivity contribution in [2.45, 2.75) is 0 Å². The van der Waals surface area contributed by atoms with Gasteiger partial charge in [-0.05, 0) is 78.9 Å². The molecule has 260 valence electrons. The number of nitrogens with zero attached hydrogens (tertiary/aromatic N) is 5. The summed E-state index contributed by atoms with van der Waals surface area (Å²) in [6.07, 6.45) is 0. The smallest absolute Gasteiger partial charge is 0.212 e. The van der Waals surface area contributed by atoms with Crippen LogP contribution in [0.2, 0.25) is 0 Å². The molecule has 0 radical (unpaired) electrons. The second kappa shape index (κ2) is 12.2. The maximum Gasteiger partial charge on any atom is 0.212 e. The standard InChI is InChI=1S/C50H29N5O/c1-52-41-28-30-45(55-44-21-11-7-18-39(44)48-46(55)29-27-38-37-17-8-12-22-47(37)56-50(38)48)40(31-51)49(41)53(32-13-3-2-4-14-32)33-23-25-34(26-24-33)54-42-19-9-5-15-35(42)36-16-6-10-20-43(36)54/h2-30H. The van der Waals surface area contributed by atoms with E-state index in [-0.39, 0.29) is 0 Å². The van der Waals surface area contributed by atoms with Crippen LogP contribution in [0.3, 0.4) is 0 Å². The molecule has 0 saturated carbocycles. The molecule has 0 aliphatic heterocycles. The van der Waals surface area contributed by atoms with E-state index in [4.69, 9.17) is 11.0 Å². The van der Waals surface area contributed by atoms with Gasteiger partial charge in [-0.15, -0.1) is 0 Å². The van der Waals surface area contributed by atoms with Crippen molar-refractivity contribution in [2.75, 3.05) is 4.90 Å². The summed E-state index contributed by atoms with van der Waals surface area (Å²) in [6, 6.07) is 62.1. The highest BCUT2D eigenvalue weighted by Crippen LogP contribution is 2.47. The average molecular weight is 716 g/mol. The molecule has 3 aromatic heterocycles. The topological polar surface area (TPSA) is 54.4 Å². The van der Waals surface area contributed by atoms with Crippen LogP contribution in [0.25, 0.3) is 81.8 Å². The van der Waals surface area contributed by atoms with Gasteiger partial charge in [0.15, 0.2) is 0 Å². The molecular weight excluding hydrogens is 687 g/mol. The van der Waals surface area contributed by atoms with Gasteiger partial charge in [-0.3, -0.25) is 0 Å². The van der Waals surface area contributed by atoms with Crippen molar-refractivity contribution in [2.24, 2.45) is 0 Å². The number of nitriles is 1. The Balaban J connectivity index is 1.15. The lowest BCUT2D eigenvalue weighted by Crippen LogP contribution is -2.13. The largest absolute Gasteiger partial charge is 0.455 e. The van der Waals surface area contributed by atoms with Gasteiger partial charge in [-0.1, -0.05) is 97.1 Å². The third-order valence-corrected chi connectivity index (χ3v) is 11.0. The average Bonchev–Trinajstić information content (AvgIpc) is 3.92. The monoisotopic (exact) mass is 715 g/mol. The Kier molecular flexibility index (Phi) is 6.88. The molecule has 0 saturated heterocycles. The van der Waals surface area contributed by atoms with Crippen LogP contribution in [0, 0.1) is 17.9 Å². The minimum atomic E-state index is 0.376. The van der Waals surface area contributed by atoms with Gasteiger partial charge in [0, 0.05) is 44.0 Å². The molecule has 0 N–H and O–H groups in total. The van der Waals surface area contributed by atoms with Crippen LogP contribution < -0.4 is 4.90 Å². The first kappa shape index (κ1) is 31.5. The Hall–Kier alpha value is -8.06. The minimum Gasteiger partial charge on any atom is -0.455 e. The van der Waals surface area contributed by atoms with E-state index in [1.54, 1.807) is 0 Å². The van der Waals surface area contributed by atoms with Crippen LogP contribution >= 0.6 is 0 Å². The fourth-order valence-corrected chi connectivity index (χ4v) is 8.61. The van der Waals surface area contributed by atoms with Crippen molar-refractivity contribution in [3.63, 3.8) is 0 Å². The van der Waals surface area contributed by atoms with Crippen LogP contribution in [0.1, 0.15) is 5.56 Å². The molecule has 0 aliphatic rings. The van der Waals surface area contributed by atoms with E-state index in [9.17, 15) is 5.26 Å². The Morgan fingerprint density at radius 1 is 0.518 bits per heavy atom. The molecule has 0 amide bonds. The minimum absolute atomic E-state index is 0.376. The van der Waals surface area contributed by atoms with Gasteiger partial charge in [-0.25, -0.2) is 4.85 Å². The summed E-state index contributed by atoms with van der Waals surface area (Å²) >= 11 is 0. The molecule has 6 nitrogen and oxygen atoms in total. The number of anilines is 3. The first-order valence-electron chi connectivity index (χ1n) is 18.5. The van der Waals surface area contributed by atoms with Crippen molar-refractivity contribution < 1.29 is 4.42 Å². The third kappa shape index (κ3) is 4.48. The Morgan fingerprint density at radius 2 is 1.11 bits per heavy atom. The van der Waals surface area contributed by atoms with Gasteiger partial charge in [0.2, 0.25) is 5.69 Å². The fraction of sp³-hybridized carbons (Fsp3) is 0. The number of hydrogen-bond acceptors (Lipinski definition) is 3. The van der Waals surface area contributed by atoms with E-state index in [0.29, 0.717) is 22.6 Å². The predicted molar refractivity (Wildman–Crippen MR) is 228 cm³/mol. The summed E-state index contributed by atoms with van der Waals surface area (Å²) < 4.78 is 11.0. The molecule has 11 aromatic rings. The summed E-state index contributed by atoms with van der Waals surface area (Å²) in [4.78, 5) is 6.06. The molecule has 0 unspecified atom stereocenters. The number of aromatic nitrogens is 2. The van der Waals surface area contributed by atoms with Crippen molar-refractivity contribution in [3.8, 4) is 17.4 Å². The Labute approximate surface area is 321 Å². The lowest BCUT2D eigenvalue weighted by molar-refractivity contribution is 0.673. The van der Waals surface area contributed by atoms with E-state index in [1.165, 1.54) is 10.8 Å². The molecular formula is C50H29N5O. The van der Waals surface area contributed by atoms with Gasteiger partial charge in [0.25, 0.3) is 0 Å². The molecule has 11 rings (SSSR count). The first-order valence-corrected chi connectivity index (χ1v) is 18.5. The highest BCUT2D eigenvalue weighted by Gasteiger charge is 2.26. The summed E-state index contributed by atoms with van der Waals surface area (Å²) in [5.41, 5.74) is 10.4. The zero-order valence-electron chi connectivity index (χ0n) is 29.9. The first-order chi connectivity index (χ1) is 27.7. The van der Waals surface area contributed by atoms with Gasteiger partial charge in [-0.2, -0.15) is 5.26 Å². The summed E-state index contributed by atoms with van der Waals surface area (Å²) in [7, 11) is 0. The second-order valence-electron chi connectivity index (χ2n) is 13.9. The van der Waals surface area contributed by atoms with Gasteiger partial charge >= 0.3 is 0 Å². The Morgan fingerprint density at radius 3 is 1.79 bits per heavy atom. The van der Waals surface area contributed by atoms with Crippen molar-refractivity contribution in [3.05, 3.63) is 193 Å². The van der Waals surface area contributed by atoms with Crippen LogP contribution in [0.5, 0.6) is 0 Å². The van der Waals surface area contributed by atoms with E-state index >= 15 is 0 Å². The summed E-state index contributed by atoms with van der Waals surface area (Å²) in [5.74, 6) is 0. The molecule has 0 spiro atoms. The maximum atomic E-state index is 11.2. The quantitative estimate of drug-likeness (QED) is 0.167. The number of fused-ring (bicyclic) bond motifs is 10. The van der Waals surface area contributed by atoms with Crippen LogP contribution in [0.15, 0.2) is 180 Å². The normalized spacial score (nSPS) is 11.5. The molecule has 0 fully saturated rings. The predicted octanol–water partition coefficient (Wildman–Crippen LogP) is 13.7. The van der Waals surface area contributed by atoms with Gasteiger partial charge < -0.3 is 18.5 Å². The van der Waals surface area contributed by atoms with Crippen molar-refractivity contribution in [1.29, 1.82) is 5.26 Å². The molecule has 8 aromatic carbocycles. The van der Waals surface area contributed by atoms with Crippen LogP contribution in [0.4, 0.5) is 22.7 Å². The highest BCUT2D eigenvalue weighted by molar-refractivity contribution is 6.24. The molecule has 0 atom stereocenters. The molecule has 0 bridgehead atoms. The van der Waals surface area contributed by atoms with Crippen molar-refractivity contribution >= 4 is 88.3 Å². The highest BCUT2D eigenvalue weighted by atomic mass is 16.3. The maximum absolute atomic E-state index is 11.2. The summed E-state index contributed by atoms with van der Waals surface area (Å²) in [6.45, 7) is 8.37. The van der Waals surface area contributed by atoms with Crippen LogP contribution in [-0.2, 0) is 0 Å². The number of benzene rings is 8. The zero-order valence-corrected chi connectivity index (χ0v) is 29.9. The van der Waals surface area contributed by atoms with E-state index in [2.05, 4.69) is 123 Å². The Bertz CT molecular complexity index is 3390. The third-order valence-electron chi connectivity index (χ3n) is 11.0. The number of para-hydroxylation sites is 5. The number of rotatable bonds is 5. The van der Waals surface area contributed by atoms with Gasteiger partial charge in [0.1, 0.15) is 17.2 Å². The lowest BCUT2D eigenvalue weighted by Gasteiger charge is -2.29. The fourth-order valence-electron chi connectivity index (χ4n) is 8.61. The number of hydrogen-bond donors (Lipinski definition) is 0. The number of furan rings is 1. The van der Waals surface area contributed by atoms with Gasteiger partial charge in [0.05, 0.1) is 51.0 Å². The van der Waals surface area contributed by atoms with Crippen molar-refractivity contribution in [1.82, 2.24) is 9.13 Å². The SMILES string of the molecule is [C-]#[N+]c1ccc(-n2c3ccccc3c3c4oc5ccccc5c4ccc32)c(C#N)c1N(c1ccccc1)c1ccc(-n2c3ccccc3c3ccccc32)cc1. The van der Waals surface area contributed by atoms with Crippen LogP contribution in [-0.4, -0.2) is 9.13 Å². The molecule has 6 heteroatoms. The zero-order chi connectivity index (χ0) is 37.3. The summed E-state index contributed by atoms with van der Waals surface area (Å²) in [5, 5.41) is 17.7. The lowest BCUT2D eigenvalue weighted by atomic mass is 10.1. The van der Waals surface area contributed by atoms with E-state index < -0.39 is 0 Å². The molecule has 0 aliphatic carbocycles.